The Morgan fingerprint density at radius 1 is 1.00 bits per heavy atom. The van der Waals surface area contributed by atoms with Crippen LogP contribution in [0.4, 0.5) is 4.79 Å². The van der Waals surface area contributed by atoms with Crippen LogP contribution in [0.3, 0.4) is 0 Å². The Bertz CT molecular complexity index is 720. The number of hydrogen-bond acceptors (Lipinski definition) is 3. The molecule has 0 aromatic heterocycles. The van der Waals surface area contributed by atoms with Gasteiger partial charge < -0.3 is 15.4 Å². The van der Waals surface area contributed by atoms with E-state index >= 15 is 0 Å². The third-order valence-corrected chi connectivity index (χ3v) is 3.32. The second kappa shape index (κ2) is 7.81. The van der Waals surface area contributed by atoms with Gasteiger partial charge in [-0.15, -0.1) is 0 Å². The number of nitrogens with one attached hydrogen (secondary N) is 2. The van der Waals surface area contributed by atoms with Gasteiger partial charge in [-0.1, -0.05) is 36.4 Å². The quantitative estimate of drug-likeness (QED) is 0.884. The monoisotopic (exact) mass is 328 g/mol. The predicted octanol–water partition coefficient (Wildman–Crippen LogP) is 3.37. The molecule has 0 aliphatic carbocycles. The lowest BCUT2D eigenvalue weighted by molar-refractivity contribution is -0.121. The normalized spacial score (nSPS) is 11.1. The van der Waals surface area contributed by atoms with Crippen molar-refractivity contribution in [3.05, 3.63) is 48.0 Å². The Morgan fingerprint density at radius 2 is 1.71 bits per heavy atom. The molecule has 128 valence electrons. The van der Waals surface area contributed by atoms with Crippen molar-refractivity contribution in [1.82, 2.24) is 10.6 Å². The number of fused-ring (bicyclic) bond motifs is 1. The van der Waals surface area contributed by atoms with Crippen molar-refractivity contribution in [1.29, 1.82) is 0 Å². The maximum Gasteiger partial charge on any atom is 0.407 e. The lowest BCUT2D eigenvalue weighted by atomic mass is 10.1. The molecule has 0 saturated carbocycles. The Morgan fingerprint density at radius 3 is 2.42 bits per heavy atom. The molecule has 0 spiro atoms. The third kappa shape index (κ3) is 5.91. The second-order valence-electron chi connectivity index (χ2n) is 6.64. The van der Waals surface area contributed by atoms with Gasteiger partial charge in [-0.25, -0.2) is 4.79 Å². The zero-order valence-corrected chi connectivity index (χ0v) is 14.4. The lowest BCUT2D eigenvalue weighted by Gasteiger charge is -2.19. The van der Waals surface area contributed by atoms with E-state index in [0.29, 0.717) is 6.54 Å². The van der Waals surface area contributed by atoms with Gasteiger partial charge in [-0.3, -0.25) is 4.79 Å². The standard InChI is InChI=1S/C19H24N2O3/c1-19(2,3)24-18(23)20-11-10-17(22)21-13-14-8-9-15-6-4-5-7-16(15)12-14/h4-9,12H,10-11,13H2,1-3H3,(H,20,23)(H,21,22). The number of ether oxygens (including phenoxy) is 1. The summed E-state index contributed by atoms with van der Waals surface area (Å²) in [6.45, 7) is 6.10. The highest BCUT2D eigenvalue weighted by atomic mass is 16.6. The molecule has 2 aromatic rings. The summed E-state index contributed by atoms with van der Waals surface area (Å²) >= 11 is 0. The van der Waals surface area contributed by atoms with E-state index in [4.69, 9.17) is 4.74 Å². The zero-order valence-electron chi connectivity index (χ0n) is 14.4. The third-order valence-electron chi connectivity index (χ3n) is 3.32. The maximum atomic E-state index is 11.8. The largest absolute Gasteiger partial charge is 0.444 e. The average Bonchev–Trinajstić information content (AvgIpc) is 2.51. The zero-order chi connectivity index (χ0) is 17.6. The number of amides is 2. The van der Waals surface area contributed by atoms with Gasteiger partial charge in [0.15, 0.2) is 0 Å². The average molecular weight is 328 g/mol. The number of benzene rings is 2. The van der Waals surface area contributed by atoms with Gasteiger partial charge in [0.1, 0.15) is 5.60 Å². The summed E-state index contributed by atoms with van der Waals surface area (Å²) in [7, 11) is 0. The summed E-state index contributed by atoms with van der Waals surface area (Å²) in [5.41, 5.74) is 0.504. The highest BCUT2D eigenvalue weighted by Crippen LogP contribution is 2.15. The Labute approximate surface area is 142 Å². The van der Waals surface area contributed by atoms with Crippen LogP contribution in [-0.4, -0.2) is 24.1 Å². The molecule has 2 rings (SSSR count). The molecule has 0 bridgehead atoms. The molecule has 0 aliphatic heterocycles. The molecule has 2 amide bonds. The number of rotatable bonds is 5. The summed E-state index contributed by atoms with van der Waals surface area (Å²) in [6, 6.07) is 14.2. The van der Waals surface area contributed by atoms with Gasteiger partial charge in [0.25, 0.3) is 0 Å². The SMILES string of the molecule is CC(C)(C)OC(=O)NCCC(=O)NCc1ccc2ccccc2c1. The minimum absolute atomic E-state index is 0.112. The van der Waals surface area contributed by atoms with Crippen molar-refractivity contribution >= 4 is 22.8 Å². The van der Waals surface area contributed by atoms with Gasteiger partial charge in [0, 0.05) is 19.5 Å². The molecule has 0 saturated heterocycles. The summed E-state index contributed by atoms with van der Waals surface area (Å²) in [4.78, 5) is 23.3. The Kier molecular flexibility index (Phi) is 5.79. The molecule has 5 nitrogen and oxygen atoms in total. The van der Waals surface area contributed by atoms with Crippen LogP contribution >= 0.6 is 0 Å². The lowest BCUT2D eigenvalue weighted by Crippen LogP contribution is -2.35. The fourth-order valence-electron chi connectivity index (χ4n) is 2.23. The molecule has 0 heterocycles. The van der Waals surface area contributed by atoms with Crippen molar-refractivity contribution in [3.8, 4) is 0 Å². The summed E-state index contributed by atoms with van der Waals surface area (Å²) in [6.07, 6.45) is -0.294. The van der Waals surface area contributed by atoms with E-state index in [9.17, 15) is 9.59 Å². The molecular weight excluding hydrogens is 304 g/mol. The van der Waals surface area contributed by atoms with Crippen LogP contribution in [0.25, 0.3) is 10.8 Å². The molecule has 24 heavy (non-hydrogen) atoms. The van der Waals surface area contributed by atoms with E-state index in [1.54, 1.807) is 20.8 Å². The second-order valence-corrected chi connectivity index (χ2v) is 6.64. The van der Waals surface area contributed by atoms with Crippen molar-refractivity contribution < 1.29 is 14.3 Å². The van der Waals surface area contributed by atoms with E-state index in [2.05, 4.69) is 22.8 Å². The van der Waals surface area contributed by atoms with Crippen molar-refractivity contribution in [2.45, 2.75) is 39.3 Å². The van der Waals surface area contributed by atoms with E-state index in [1.807, 2.05) is 30.3 Å². The minimum Gasteiger partial charge on any atom is -0.444 e. The Balaban J connectivity index is 1.73. The first kappa shape index (κ1) is 17.8. The molecule has 0 fully saturated rings. The molecule has 5 heteroatoms. The van der Waals surface area contributed by atoms with Crippen molar-refractivity contribution in [2.75, 3.05) is 6.54 Å². The molecular formula is C19H24N2O3. The van der Waals surface area contributed by atoms with Crippen molar-refractivity contribution in [3.63, 3.8) is 0 Å². The summed E-state index contributed by atoms with van der Waals surface area (Å²) in [5, 5.41) is 7.75. The molecule has 0 radical (unpaired) electrons. The first-order valence-electron chi connectivity index (χ1n) is 8.05. The van der Waals surface area contributed by atoms with E-state index < -0.39 is 11.7 Å². The summed E-state index contributed by atoms with van der Waals surface area (Å²) in [5.74, 6) is -0.112. The van der Waals surface area contributed by atoms with Crippen LogP contribution in [0, 0.1) is 0 Å². The topological polar surface area (TPSA) is 67.4 Å². The molecule has 2 aromatic carbocycles. The van der Waals surface area contributed by atoms with Crippen LogP contribution in [0.1, 0.15) is 32.8 Å². The molecule has 2 N–H and O–H groups in total. The molecule has 0 aliphatic rings. The highest BCUT2D eigenvalue weighted by Gasteiger charge is 2.15. The first-order valence-corrected chi connectivity index (χ1v) is 8.05. The van der Waals surface area contributed by atoms with Gasteiger partial charge in [0.05, 0.1) is 0 Å². The maximum absolute atomic E-state index is 11.8. The number of carbonyl (C=O) groups excluding carboxylic acids is 2. The van der Waals surface area contributed by atoms with Crippen LogP contribution in [-0.2, 0) is 16.1 Å². The van der Waals surface area contributed by atoms with Crippen LogP contribution < -0.4 is 10.6 Å². The Hall–Kier alpha value is -2.56. The predicted molar refractivity (Wildman–Crippen MR) is 94.6 cm³/mol. The van der Waals surface area contributed by atoms with Crippen molar-refractivity contribution in [2.24, 2.45) is 0 Å². The van der Waals surface area contributed by atoms with Crippen LogP contribution in [0.5, 0.6) is 0 Å². The van der Waals surface area contributed by atoms with Gasteiger partial charge in [0.2, 0.25) is 5.91 Å². The number of alkyl carbamates (subject to hydrolysis) is 1. The smallest absolute Gasteiger partial charge is 0.407 e. The van der Waals surface area contributed by atoms with Gasteiger partial charge in [-0.05, 0) is 43.2 Å². The fourth-order valence-corrected chi connectivity index (χ4v) is 2.23. The van der Waals surface area contributed by atoms with E-state index in [-0.39, 0.29) is 18.9 Å². The first-order chi connectivity index (χ1) is 11.3. The molecule has 0 atom stereocenters. The van der Waals surface area contributed by atoms with Crippen LogP contribution in [0.15, 0.2) is 42.5 Å². The highest BCUT2D eigenvalue weighted by molar-refractivity contribution is 5.83. The fraction of sp³-hybridized carbons (Fsp3) is 0.368. The number of carbonyl (C=O) groups is 2. The van der Waals surface area contributed by atoms with E-state index in [1.165, 1.54) is 5.39 Å². The summed E-state index contributed by atoms with van der Waals surface area (Å²) < 4.78 is 5.11. The van der Waals surface area contributed by atoms with Gasteiger partial charge >= 0.3 is 6.09 Å². The van der Waals surface area contributed by atoms with Crippen LogP contribution in [0.2, 0.25) is 0 Å². The number of hydrogen-bond donors (Lipinski definition) is 2. The minimum atomic E-state index is -0.539. The van der Waals surface area contributed by atoms with E-state index in [0.717, 1.165) is 10.9 Å². The molecule has 0 unspecified atom stereocenters. The van der Waals surface area contributed by atoms with Gasteiger partial charge in [-0.2, -0.15) is 0 Å².